The smallest absolute Gasteiger partial charge is 0.191 e. The molecule has 5 heteroatoms. The molecule has 1 aromatic rings. The number of hydrogen-bond donors (Lipinski definition) is 1. The summed E-state index contributed by atoms with van der Waals surface area (Å²) in [6.07, 6.45) is 0. The van der Waals surface area contributed by atoms with Crippen molar-refractivity contribution >= 4 is 17.3 Å². The van der Waals surface area contributed by atoms with Gasteiger partial charge in [0.15, 0.2) is 5.96 Å². The van der Waals surface area contributed by atoms with Crippen molar-refractivity contribution in [2.45, 2.75) is 26.8 Å². The highest BCUT2D eigenvalue weighted by Gasteiger charge is 2.29. The molecule has 0 aliphatic carbocycles. The maximum Gasteiger partial charge on any atom is 0.191 e. The van der Waals surface area contributed by atoms with Crippen molar-refractivity contribution in [2.75, 3.05) is 32.7 Å². The fourth-order valence-corrected chi connectivity index (χ4v) is 3.57. The number of thiophene rings is 1. The fraction of sp³-hybridized carbons (Fsp3) is 0.643. The monoisotopic (exact) mass is 280 g/mol. The lowest BCUT2D eigenvalue weighted by Crippen LogP contribution is -2.41. The molecule has 1 atom stereocenters. The SMILES string of the molecule is CCN(CC)CCN1C(N)=NCC1c1sccc1C. The molecule has 0 aromatic carbocycles. The lowest BCUT2D eigenvalue weighted by atomic mass is 10.1. The Kier molecular flexibility index (Phi) is 4.82. The van der Waals surface area contributed by atoms with Gasteiger partial charge in [-0.05, 0) is 37.0 Å². The van der Waals surface area contributed by atoms with Gasteiger partial charge < -0.3 is 15.5 Å². The Bertz CT molecular complexity index is 436. The zero-order valence-corrected chi connectivity index (χ0v) is 12.9. The van der Waals surface area contributed by atoms with Crippen molar-refractivity contribution in [3.05, 3.63) is 21.9 Å². The summed E-state index contributed by atoms with van der Waals surface area (Å²) >= 11 is 1.81. The molecule has 0 amide bonds. The van der Waals surface area contributed by atoms with Crippen LogP contribution in [0.2, 0.25) is 0 Å². The summed E-state index contributed by atoms with van der Waals surface area (Å²) in [5, 5.41) is 2.15. The zero-order chi connectivity index (χ0) is 13.8. The highest BCUT2D eigenvalue weighted by Crippen LogP contribution is 2.31. The molecule has 1 aromatic heterocycles. The number of likely N-dealkylation sites (N-methyl/N-ethyl adjacent to an activating group) is 1. The van der Waals surface area contributed by atoms with Gasteiger partial charge in [0.05, 0.1) is 12.6 Å². The molecule has 2 N–H and O–H groups in total. The molecule has 0 saturated carbocycles. The third-order valence-corrected chi connectivity index (χ3v) is 4.97. The normalized spacial score (nSPS) is 19.3. The third-order valence-electron chi connectivity index (χ3n) is 3.85. The van der Waals surface area contributed by atoms with Crippen LogP contribution in [0, 0.1) is 6.92 Å². The van der Waals surface area contributed by atoms with E-state index in [0.29, 0.717) is 12.0 Å². The molecule has 4 nitrogen and oxygen atoms in total. The van der Waals surface area contributed by atoms with Gasteiger partial charge >= 0.3 is 0 Å². The number of hydrogen-bond acceptors (Lipinski definition) is 5. The molecule has 1 unspecified atom stereocenters. The van der Waals surface area contributed by atoms with E-state index in [-0.39, 0.29) is 0 Å². The topological polar surface area (TPSA) is 44.9 Å². The van der Waals surface area contributed by atoms with Crippen molar-refractivity contribution < 1.29 is 0 Å². The van der Waals surface area contributed by atoms with Crippen LogP contribution >= 0.6 is 11.3 Å². The van der Waals surface area contributed by atoms with E-state index in [1.807, 2.05) is 11.3 Å². The van der Waals surface area contributed by atoms with E-state index < -0.39 is 0 Å². The molecular formula is C14H24N4S. The molecule has 0 bridgehead atoms. The van der Waals surface area contributed by atoms with Crippen LogP contribution in [0.3, 0.4) is 0 Å². The Hall–Kier alpha value is -1.07. The van der Waals surface area contributed by atoms with E-state index in [0.717, 1.165) is 32.7 Å². The standard InChI is InChI=1S/C14H24N4S/c1-4-17(5-2)7-8-18-12(10-16-14(18)15)13-11(3)6-9-19-13/h6,9,12H,4-5,7-8,10H2,1-3H3,(H2,15,16). The van der Waals surface area contributed by atoms with E-state index in [1.165, 1.54) is 10.4 Å². The summed E-state index contributed by atoms with van der Waals surface area (Å²) in [6.45, 7) is 11.5. The molecular weight excluding hydrogens is 256 g/mol. The van der Waals surface area contributed by atoms with Crippen molar-refractivity contribution in [2.24, 2.45) is 10.7 Å². The highest BCUT2D eigenvalue weighted by molar-refractivity contribution is 7.10. The highest BCUT2D eigenvalue weighted by atomic mass is 32.1. The van der Waals surface area contributed by atoms with Gasteiger partial charge in [-0.2, -0.15) is 0 Å². The molecule has 19 heavy (non-hydrogen) atoms. The maximum atomic E-state index is 6.06. The van der Waals surface area contributed by atoms with Gasteiger partial charge in [0.1, 0.15) is 0 Å². The van der Waals surface area contributed by atoms with Gasteiger partial charge in [0, 0.05) is 18.0 Å². The van der Waals surface area contributed by atoms with Gasteiger partial charge in [-0.1, -0.05) is 13.8 Å². The van der Waals surface area contributed by atoms with Gasteiger partial charge in [-0.15, -0.1) is 11.3 Å². The number of aliphatic imine (C=N–C) groups is 1. The molecule has 0 saturated heterocycles. The Morgan fingerprint density at radius 1 is 1.47 bits per heavy atom. The molecule has 2 rings (SSSR count). The first-order valence-corrected chi connectivity index (χ1v) is 7.88. The van der Waals surface area contributed by atoms with Crippen LogP contribution in [0.25, 0.3) is 0 Å². The molecule has 0 fully saturated rings. The van der Waals surface area contributed by atoms with Crippen LogP contribution < -0.4 is 5.73 Å². The van der Waals surface area contributed by atoms with Crippen LogP contribution in [0.5, 0.6) is 0 Å². The molecule has 1 aliphatic rings. The number of nitrogens with zero attached hydrogens (tertiary/aromatic N) is 3. The third kappa shape index (κ3) is 3.09. The van der Waals surface area contributed by atoms with Crippen LogP contribution in [0.15, 0.2) is 16.4 Å². The minimum absolute atomic E-state index is 0.343. The van der Waals surface area contributed by atoms with E-state index >= 15 is 0 Å². The minimum Gasteiger partial charge on any atom is -0.370 e. The Morgan fingerprint density at radius 3 is 2.79 bits per heavy atom. The van der Waals surface area contributed by atoms with Gasteiger partial charge in [-0.25, -0.2) is 0 Å². The first kappa shape index (κ1) is 14.3. The predicted octanol–water partition coefficient (Wildman–Crippen LogP) is 2.07. The minimum atomic E-state index is 0.343. The molecule has 0 radical (unpaired) electrons. The number of guanidine groups is 1. The van der Waals surface area contributed by atoms with Gasteiger partial charge in [0.2, 0.25) is 0 Å². The quantitative estimate of drug-likeness (QED) is 0.867. The van der Waals surface area contributed by atoms with Crippen molar-refractivity contribution in [1.82, 2.24) is 9.80 Å². The summed E-state index contributed by atoms with van der Waals surface area (Å²) in [4.78, 5) is 10.5. The average Bonchev–Trinajstić information content (AvgIpc) is 2.97. The fourth-order valence-electron chi connectivity index (χ4n) is 2.54. The lowest BCUT2D eigenvalue weighted by Gasteiger charge is -2.29. The van der Waals surface area contributed by atoms with Crippen LogP contribution in [0.1, 0.15) is 30.3 Å². The average molecular weight is 280 g/mol. The summed E-state index contributed by atoms with van der Waals surface area (Å²) in [5.41, 5.74) is 7.41. The summed E-state index contributed by atoms with van der Waals surface area (Å²) < 4.78 is 0. The number of aryl methyl sites for hydroxylation is 1. The van der Waals surface area contributed by atoms with Gasteiger partial charge in [0.25, 0.3) is 0 Å². The predicted molar refractivity (Wildman–Crippen MR) is 82.8 cm³/mol. The van der Waals surface area contributed by atoms with Crippen molar-refractivity contribution in [3.63, 3.8) is 0 Å². The summed E-state index contributed by atoms with van der Waals surface area (Å²) in [5.74, 6) is 0.699. The Labute approximate surface area is 119 Å². The second-order valence-corrected chi connectivity index (χ2v) is 5.85. The summed E-state index contributed by atoms with van der Waals surface area (Å²) in [6, 6.07) is 2.52. The van der Waals surface area contributed by atoms with E-state index in [2.05, 4.69) is 47.0 Å². The number of rotatable bonds is 6. The van der Waals surface area contributed by atoms with Crippen molar-refractivity contribution in [3.8, 4) is 0 Å². The summed E-state index contributed by atoms with van der Waals surface area (Å²) in [7, 11) is 0. The number of nitrogens with two attached hydrogens (primary N) is 1. The van der Waals surface area contributed by atoms with Crippen molar-refractivity contribution in [1.29, 1.82) is 0 Å². The van der Waals surface area contributed by atoms with E-state index in [9.17, 15) is 0 Å². The lowest BCUT2D eigenvalue weighted by molar-refractivity contribution is 0.249. The van der Waals surface area contributed by atoms with Crippen LogP contribution in [-0.4, -0.2) is 48.5 Å². The van der Waals surface area contributed by atoms with E-state index in [1.54, 1.807) is 0 Å². The Balaban J connectivity index is 2.04. The molecule has 106 valence electrons. The second-order valence-electron chi connectivity index (χ2n) is 4.90. The second kappa shape index (κ2) is 6.39. The van der Waals surface area contributed by atoms with Gasteiger partial charge in [-0.3, -0.25) is 4.99 Å². The van der Waals surface area contributed by atoms with Crippen LogP contribution in [0.4, 0.5) is 0 Å². The molecule has 2 heterocycles. The molecule has 1 aliphatic heterocycles. The zero-order valence-electron chi connectivity index (χ0n) is 12.1. The molecule has 0 spiro atoms. The Morgan fingerprint density at radius 2 is 2.21 bits per heavy atom. The van der Waals surface area contributed by atoms with E-state index in [4.69, 9.17) is 5.73 Å². The van der Waals surface area contributed by atoms with Crippen LogP contribution in [-0.2, 0) is 0 Å². The maximum absolute atomic E-state index is 6.06. The first-order chi connectivity index (χ1) is 9.17. The first-order valence-electron chi connectivity index (χ1n) is 7.00. The largest absolute Gasteiger partial charge is 0.370 e.